The van der Waals surface area contributed by atoms with Crippen molar-refractivity contribution in [1.82, 2.24) is 0 Å². The zero-order valence-electron chi connectivity index (χ0n) is 20.2. The Balaban J connectivity index is 1.75. The fraction of sp³-hybridized carbons (Fsp3) is 0.333. The average molecular weight is 586 g/mol. The van der Waals surface area contributed by atoms with Crippen molar-refractivity contribution >= 4 is 65.2 Å². The van der Waals surface area contributed by atoms with E-state index in [0.29, 0.717) is 24.5 Å². The largest absolute Gasteiger partial charge is 0.497 e. The monoisotopic (exact) mass is 585 g/mol. The number of hydrogen-bond donors (Lipinski definition) is 2. The maximum atomic E-state index is 11.3. The summed E-state index contributed by atoms with van der Waals surface area (Å²) in [7, 11) is -5.02. The predicted octanol–water partition coefficient (Wildman–Crippen LogP) is 4.93. The number of nitrogens with zero attached hydrogens (tertiary/aromatic N) is 1. The summed E-state index contributed by atoms with van der Waals surface area (Å²) >= 11 is 3.10. The molecule has 3 aromatic rings. The lowest BCUT2D eigenvalue weighted by molar-refractivity contribution is 0.414. The summed E-state index contributed by atoms with van der Waals surface area (Å²) in [5.74, 6) is 0.651. The zero-order chi connectivity index (χ0) is 26.8. The van der Waals surface area contributed by atoms with E-state index in [-0.39, 0.29) is 24.3 Å². The Kier molecular flexibility index (Phi) is 8.41. The van der Waals surface area contributed by atoms with Crippen molar-refractivity contribution in [1.29, 1.82) is 0 Å². The maximum absolute atomic E-state index is 11.3. The molecule has 0 unspecified atom stereocenters. The summed E-state index contributed by atoms with van der Waals surface area (Å²) in [5, 5.41) is 1.82. The Bertz CT molecular complexity index is 1540. The van der Waals surface area contributed by atoms with Crippen LogP contribution >= 0.6 is 23.1 Å². The van der Waals surface area contributed by atoms with Gasteiger partial charge in [0, 0.05) is 27.1 Å². The molecule has 0 bridgehead atoms. The first-order valence-corrected chi connectivity index (χ1v) is 16.2. The van der Waals surface area contributed by atoms with Crippen LogP contribution in [0, 0.1) is 0 Å². The number of rotatable bonds is 11. The molecule has 0 amide bonds. The summed E-state index contributed by atoms with van der Waals surface area (Å²) in [5.41, 5.74) is 1.82. The van der Waals surface area contributed by atoms with Crippen molar-refractivity contribution < 1.29 is 35.4 Å². The summed E-state index contributed by atoms with van der Waals surface area (Å²) in [6.45, 7) is 0.357. The molecule has 0 saturated carbocycles. The minimum atomic E-state index is -4.09. The fourth-order valence-corrected chi connectivity index (χ4v) is 7.50. The molecule has 2 N–H and O–H groups in total. The summed E-state index contributed by atoms with van der Waals surface area (Å²) < 4.78 is 75.5. The van der Waals surface area contributed by atoms with Gasteiger partial charge in [-0.05, 0) is 66.6 Å². The van der Waals surface area contributed by atoms with Gasteiger partial charge in [0.1, 0.15) is 11.5 Å². The second kappa shape index (κ2) is 11.2. The molecule has 0 saturated heterocycles. The lowest BCUT2D eigenvalue weighted by Crippen LogP contribution is -2.21. The van der Waals surface area contributed by atoms with E-state index in [0.717, 1.165) is 36.1 Å². The number of aryl methyl sites for hydroxylation is 1. The van der Waals surface area contributed by atoms with Crippen LogP contribution < -0.4 is 14.4 Å². The van der Waals surface area contributed by atoms with Gasteiger partial charge in [-0.2, -0.15) is 16.8 Å². The van der Waals surface area contributed by atoms with Crippen LogP contribution in [0.2, 0.25) is 0 Å². The molecule has 0 fully saturated rings. The first-order valence-electron chi connectivity index (χ1n) is 11.3. The van der Waals surface area contributed by atoms with Crippen LogP contribution in [0.15, 0.2) is 46.3 Å². The summed E-state index contributed by atoms with van der Waals surface area (Å²) in [4.78, 5) is 3.91. The van der Waals surface area contributed by atoms with E-state index in [9.17, 15) is 25.9 Å². The number of methoxy groups -OCH3 is 2. The normalized spacial score (nSPS) is 14.9. The number of fused-ring (bicyclic) bond motifs is 2. The molecule has 0 spiro atoms. The standard InChI is InChI=1S/C24H27NO8S4/c1-32-16-6-8-21-19(13-16)18(5-3-11-36(26,27)28)23(34-21)15-24-25(10-4-12-37(29,30)31)20-14-17(33-2)7-9-22(20)35-24/h6-9,13-15H,3-5,10-12H2,1-2H3,(H,26,27,28)(H,29,30,31)/b24-15-. The predicted molar refractivity (Wildman–Crippen MR) is 148 cm³/mol. The third-order valence-electron chi connectivity index (χ3n) is 5.83. The molecule has 0 radical (unpaired) electrons. The van der Waals surface area contributed by atoms with E-state index in [4.69, 9.17) is 9.47 Å². The molecule has 37 heavy (non-hydrogen) atoms. The van der Waals surface area contributed by atoms with Crippen LogP contribution in [0.25, 0.3) is 16.2 Å². The van der Waals surface area contributed by atoms with Crippen LogP contribution in [-0.2, 0) is 26.7 Å². The fourth-order valence-electron chi connectivity index (χ4n) is 4.14. The smallest absolute Gasteiger partial charge is 0.264 e. The Labute approximate surface area is 224 Å². The second-order valence-electron chi connectivity index (χ2n) is 8.41. The molecule has 1 aliphatic heterocycles. The number of hydrogen-bond acceptors (Lipinski definition) is 9. The minimum Gasteiger partial charge on any atom is -0.497 e. The van der Waals surface area contributed by atoms with Crippen molar-refractivity contribution in [2.24, 2.45) is 0 Å². The van der Waals surface area contributed by atoms with Crippen molar-refractivity contribution in [2.45, 2.75) is 24.2 Å². The SMILES string of the molecule is COc1ccc2c(c1)N(CCCS(=O)(=O)O)/C(=C/c1sc3ccc(OC)cc3c1CCCS(=O)(=O)O)S2. The molecular weight excluding hydrogens is 559 g/mol. The number of thiophene rings is 1. The van der Waals surface area contributed by atoms with E-state index in [1.165, 1.54) is 11.8 Å². The van der Waals surface area contributed by atoms with Crippen LogP contribution in [0.5, 0.6) is 11.5 Å². The Morgan fingerprint density at radius 3 is 2.24 bits per heavy atom. The Morgan fingerprint density at radius 2 is 1.57 bits per heavy atom. The number of ether oxygens (including phenoxy) is 2. The lowest BCUT2D eigenvalue weighted by Gasteiger charge is -2.20. The van der Waals surface area contributed by atoms with E-state index >= 15 is 0 Å². The molecule has 200 valence electrons. The molecular formula is C24H27NO8S4. The molecule has 0 aliphatic carbocycles. The third-order valence-corrected chi connectivity index (χ3v) is 9.72. The highest BCUT2D eigenvalue weighted by Gasteiger charge is 2.27. The second-order valence-corrected chi connectivity index (χ2v) is 13.7. The zero-order valence-corrected chi connectivity index (χ0v) is 23.5. The first-order chi connectivity index (χ1) is 17.5. The Morgan fingerprint density at radius 1 is 0.919 bits per heavy atom. The number of benzene rings is 2. The molecule has 2 heterocycles. The van der Waals surface area contributed by atoms with E-state index in [1.807, 2.05) is 47.4 Å². The van der Waals surface area contributed by atoms with Gasteiger partial charge in [0.25, 0.3) is 20.2 Å². The minimum absolute atomic E-state index is 0.220. The first kappa shape index (κ1) is 27.7. The topological polar surface area (TPSA) is 130 Å². The van der Waals surface area contributed by atoms with Gasteiger partial charge in [-0.3, -0.25) is 9.11 Å². The molecule has 9 nitrogen and oxygen atoms in total. The average Bonchev–Trinajstić information content (AvgIpc) is 3.34. The highest BCUT2D eigenvalue weighted by atomic mass is 32.2. The molecule has 2 aromatic carbocycles. The summed E-state index contributed by atoms with van der Waals surface area (Å²) in [6.07, 6.45) is 2.92. The molecule has 1 aromatic heterocycles. The van der Waals surface area contributed by atoms with Crippen LogP contribution in [0.4, 0.5) is 5.69 Å². The van der Waals surface area contributed by atoms with E-state index in [1.54, 1.807) is 25.6 Å². The van der Waals surface area contributed by atoms with Gasteiger partial charge in [-0.1, -0.05) is 11.8 Å². The van der Waals surface area contributed by atoms with Gasteiger partial charge >= 0.3 is 0 Å². The van der Waals surface area contributed by atoms with Crippen LogP contribution in [0.3, 0.4) is 0 Å². The molecule has 0 atom stereocenters. The number of thioether (sulfide) groups is 1. The van der Waals surface area contributed by atoms with Gasteiger partial charge in [-0.25, -0.2) is 0 Å². The van der Waals surface area contributed by atoms with Gasteiger partial charge in [0.15, 0.2) is 0 Å². The van der Waals surface area contributed by atoms with Gasteiger partial charge in [-0.15, -0.1) is 11.3 Å². The maximum Gasteiger partial charge on any atom is 0.264 e. The van der Waals surface area contributed by atoms with Crippen LogP contribution in [-0.4, -0.2) is 58.2 Å². The molecule has 4 rings (SSSR count). The van der Waals surface area contributed by atoms with E-state index < -0.39 is 20.2 Å². The highest BCUT2D eigenvalue weighted by molar-refractivity contribution is 8.04. The van der Waals surface area contributed by atoms with Crippen molar-refractivity contribution in [3.05, 3.63) is 51.9 Å². The van der Waals surface area contributed by atoms with Gasteiger partial charge in [0.2, 0.25) is 0 Å². The van der Waals surface area contributed by atoms with Crippen LogP contribution in [0.1, 0.15) is 23.3 Å². The Hall–Kier alpha value is -2.29. The summed E-state index contributed by atoms with van der Waals surface area (Å²) in [6, 6.07) is 11.4. The quantitative estimate of drug-likeness (QED) is 0.299. The van der Waals surface area contributed by atoms with Crippen molar-refractivity contribution in [2.75, 3.05) is 37.2 Å². The van der Waals surface area contributed by atoms with Gasteiger partial charge < -0.3 is 14.4 Å². The third kappa shape index (κ3) is 6.98. The van der Waals surface area contributed by atoms with E-state index in [2.05, 4.69) is 0 Å². The lowest BCUT2D eigenvalue weighted by atomic mass is 10.1. The van der Waals surface area contributed by atoms with Crippen molar-refractivity contribution in [3.8, 4) is 11.5 Å². The van der Waals surface area contributed by atoms with Gasteiger partial charge in [0.05, 0.1) is 36.4 Å². The molecule has 13 heteroatoms. The van der Waals surface area contributed by atoms with Crippen molar-refractivity contribution in [3.63, 3.8) is 0 Å². The highest BCUT2D eigenvalue weighted by Crippen LogP contribution is 2.49. The molecule has 1 aliphatic rings. The number of anilines is 1.